The summed E-state index contributed by atoms with van der Waals surface area (Å²) >= 11 is 0. The van der Waals surface area contributed by atoms with E-state index in [0.717, 1.165) is 22.9 Å². The first kappa shape index (κ1) is 21.4. The van der Waals surface area contributed by atoms with Crippen molar-refractivity contribution < 1.29 is 32.0 Å². The normalized spacial score (nSPS) is 17.7. The number of aromatic nitrogens is 3. The molecule has 4 heterocycles. The van der Waals surface area contributed by atoms with E-state index in [-0.39, 0.29) is 24.8 Å². The fraction of sp³-hybridized carbons (Fsp3) is 0.381. The third kappa shape index (κ3) is 3.84. The number of aliphatic hydroxyl groups excluding tert-OH is 1. The standard InChI is InChI=1S/C21H19F4N5O3/c22-16-2-1-13(6-15(16)21(23,24)25)26-20(32)29-4-3-17-14(8-29)19-18-12(10-33-28-18)5-11(9-31)7-30(19)27-17/h1-2,6,10-11,31H,3-5,7-9H2,(H,26,32). The molecule has 2 aliphatic rings. The molecular weight excluding hydrogens is 446 g/mol. The molecule has 0 saturated heterocycles. The van der Waals surface area contributed by atoms with Crippen molar-refractivity contribution in [3.05, 3.63) is 52.7 Å². The fourth-order valence-electron chi connectivity index (χ4n) is 4.36. The molecule has 1 atom stereocenters. The van der Waals surface area contributed by atoms with Crippen molar-refractivity contribution >= 4 is 11.7 Å². The number of hydrogen-bond donors (Lipinski definition) is 2. The van der Waals surface area contributed by atoms with Crippen molar-refractivity contribution in [2.24, 2.45) is 5.92 Å². The zero-order chi connectivity index (χ0) is 23.3. The number of halogens is 4. The van der Waals surface area contributed by atoms with Gasteiger partial charge in [-0.3, -0.25) is 4.68 Å². The van der Waals surface area contributed by atoms with Crippen molar-refractivity contribution in [2.75, 3.05) is 18.5 Å². The van der Waals surface area contributed by atoms with E-state index in [9.17, 15) is 27.5 Å². The number of nitrogens with one attached hydrogen (secondary N) is 1. The Morgan fingerprint density at radius 3 is 2.91 bits per heavy atom. The second-order valence-corrected chi connectivity index (χ2v) is 8.19. The summed E-state index contributed by atoms with van der Waals surface area (Å²) in [5, 5.41) is 20.9. The minimum Gasteiger partial charge on any atom is -0.396 e. The summed E-state index contributed by atoms with van der Waals surface area (Å²) in [7, 11) is 0. The van der Waals surface area contributed by atoms with Crippen LogP contribution in [0.1, 0.15) is 22.4 Å². The third-order valence-electron chi connectivity index (χ3n) is 5.98. The molecule has 33 heavy (non-hydrogen) atoms. The molecule has 2 aromatic heterocycles. The number of fused-ring (bicyclic) bond motifs is 5. The van der Waals surface area contributed by atoms with Crippen LogP contribution in [0, 0.1) is 11.7 Å². The Hall–Kier alpha value is -3.41. The summed E-state index contributed by atoms with van der Waals surface area (Å²) in [5.74, 6) is -1.47. The Balaban J connectivity index is 1.41. The van der Waals surface area contributed by atoms with Gasteiger partial charge in [0.25, 0.3) is 0 Å². The minimum absolute atomic E-state index is 0.0271. The maximum Gasteiger partial charge on any atom is 0.419 e. The molecule has 1 aromatic carbocycles. The van der Waals surface area contributed by atoms with E-state index in [2.05, 4.69) is 15.6 Å². The third-order valence-corrected chi connectivity index (χ3v) is 5.98. The lowest BCUT2D eigenvalue weighted by molar-refractivity contribution is -0.139. The van der Waals surface area contributed by atoms with Crippen LogP contribution >= 0.6 is 0 Å². The van der Waals surface area contributed by atoms with Crippen molar-refractivity contribution in [1.29, 1.82) is 0 Å². The zero-order valence-corrected chi connectivity index (χ0v) is 17.2. The predicted octanol–water partition coefficient (Wildman–Crippen LogP) is 3.45. The van der Waals surface area contributed by atoms with E-state index in [4.69, 9.17) is 4.52 Å². The molecule has 0 spiro atoms. The van der Waals surface area contributed by atoms with Gasteiger partial charge in [-0.1, -0.05) is 5.16 Å². The largest absolute Gasteiger partial charge is 0.419 e. The number of benzene rings is 1. The van der Waals surface area contributed by atoms with E-state index in [1.54, 1.807) is 4.68 Å². The smallest absolute Gasteiger partial charge is 0.396 e. The highest BCUT2D eigenvalue weighted by Crippen LogP contribution is 2.36. The van der Waals surface area contributed by atoms with Crippen LogP contribution in [0.25, 0.3) is 11.4 Å². The number of nitrogens with zero attached hydrogens (tertiary/aromatic N) is 4. The van der Waals surface area contributed by atoms with E-state index < -0.39 is 23.6 Å². The van der Waals surface area contributed by atoms with Crippen LogP contribution in [0.5, 0.6) is 0 Å². The average Bonchev–Trinajstić information content (AvgIpc) is 3.33. The van der Waals surface area contributed by atoms with Gasteiger partial charge in [0, 0.05) is 48.8 Å². The van der Waals surface area contributed by atoms with Crippen molar-refractivity contribution in [1.82, 2.24) is 19.8 Å². The first-order chi connectivity index (χ1) is 15.7. The van der Waals surface area contributed by atoms with E-state index in [1.165, 1.54) is 11.2 Å². The van der Waals surface area contributed by atoms with Gasteiger partial charge in [0.1, 0.15) is 17.8 Å². The molecule has 2 aliphatic heterocycles. The van der Waals surface area contributed by atoms with E-state index in [0.29, 0.717) is 49.5 Å². The predicted molar refractivity (Wildman–Crippen MR) is 107 cm³/mol. The Morgan fingerprint density at radius 2 is 2.15 bits per heavy atom. The van der Waals surface area contributed by atoms with Crippen molar-refractivity contribution in [3.63, 3.8) is 0 Å². The van der Waals surface area contributed by atoms with E-state index >= 15 is 0 Å². The van der Waals surface area contributed by atoms with Gasteiger partial charge in [0.2, 0.25) is 0 Å². The van der Waals surface area contributed by atoms with Crippen LogP contribution in [0.15, 0.2) is 29.0 Å². The van der Waals surface area contributed by atoms with Gasteiger partial charge in [0.15, 0.2) is 0 Å². The molecule has 3 aromatic rings. The Labute approximate surface area is 184 Å². The summed E-state index contributed by atoms with van der Waals surface area (Å²) in [6.07, 6.45) is -2.32. The monoisotopic (exact) mass is 465 g/mol. The first-order valence-electron chi connectivity index (χ1n) is 10.3. The summed E-state index contributed by atoms with van der Waals surface area (Å²) in [6.45, 7) is 0.926. The number of carbonyl (C=O) groups is 1. The molecule has 5 rings (SSSR count). The number of amides is 2. The van der Waals surface area contributed by atoms with Gasteiger partial charge in [-0.15, -0.1) is 0 Å². The minimum atomic E-state index is -4.87. The number of alkyl halides is 3. The number of anilines is 1. The Morgan fingerprint density at radius 1 is 1.33 bits per heavy atom. The van der Waals surface area contributed by atoms with Crippen molar-refractivity contribution in [3.8, 4) is 11.4 Å². The van der Waals surface area contributed by atoms with Gasteiger partial charge in [-0.05, 0) is 24.6 Å². The summed E-state index contributed by atoms with van der Waals surface area (Å²) in [6, 6.07) is 1.72. The maximum absolute atomic E-state index is 13.5. The number of rotatable bonds is 2. The average molecular weight is 465 g/mol. The second kappa shape index (κ2) is 7.87. The van der Waals surface area contributed by atoms with Gasteiger partial charge in [-0.2, -0.15) is 18.3 Å². The van der Waals surface area contributed by atoms with Crippen LogP contribution in [0.4, 0.5) is 28.0 Å². The molecule has 8 nitrogen and oxygen atoms in total. The number of aliphatic hydroxyl groups is 1. The summed E-state index contributed by atoms with van der Waals surface area (Å²) in [5.41, 5.74) is 2.13. The number of urea groups is 1. The van der Waals surface area contributed by atoms with E-state index in [1.807, 2.05) is 0 Å². The number of carbonyl (C=O) groups excluding carboxylic acids is 1. The molecule has 2 N–H and O–H groups in total. The van der Waals surface area contributed by atoms with Gasteiger partial charge in [0.05, 0.1) is 23.5 Å². The molecule has 12 heteroatoms. The van der Waals surface area contributed by atoms with Crippen LogP contribution < -0.4 is 5.32 Å². The first-order valence-corrected chi connectivity index (χ1v) is 10.3. The fourth-order valence-corrected chi connectivity index (χ4v) is 4.36. The molecule has 174 valence electrons. The Kier molecular flexibility index (Phi) is 5.11. The number of hydrogen-bond acceptors (Lipinski definition) is 5. The lowest BCUT2D eigenvalue weighted by Crippen LogP contribution is -2.38. The Bertz CT molecular complexity index is 1220. The van der Waals surface area contributed by atoms with Crippen LogP contribution in [0.2, 0.25) is 0 Å². The molecule has 0 bridgehead atoms. The van der Waals surface area contributed by atoms with Gasteiger partial charge in [-0.25, -0.2) is 9.18 Å². The van der Waals surface area contributed by atoms with Gasteiger partial charge < -0.3 is 19.8 Å². The topological polar surface area (TPSA) is 96.4 Å². The molecule has 0 fully saturated rings. The highest BCUT2D eigenvalue weighted by molar-refractivity contribution is 5.89. The van der Waals surface area contributed by atoms with Crippen LogP contribution in [0.3, 0.4) is 0 Å². The SMILES string of the molecule is O=C(Nc1ccc(F)c(C(F)(F)F)c1)N1CCc2nn3c(c2C1)-c1nocc1CC(CO)C3. The second-order valence-electron chi connectivity index (χ2n) is 8.19. The summed E-state index contributed by atoms with van der Waals surface area (Å²) in [4.78, 5) is 14.3. The molecule has 1 unspecified atom stereocenters. The zero-order valence-electron chi connectivity index (χ0n) is 17.2. The quantitative estimate of drug-likeness (QED) is 0.566. The summed E-state index contributed by atoms with van der Waals surface area (Å²) < 4.78 is 59.4. The molecule has 0 aliphatic carbocycles. The van der Waals surface area contributed by atoms with Crippen LogP contribution in [-0.2, 0) is 32.1 Å². The highest BCUT2D eigenvalue weighted by atomic mass is 19.4. The molecule has 0 radical (unpaired) electrons. The maximum atomic E-state index is 13.5. The lowest BCUT2D eigenvalue weighted by Gasteiger charge is -2.27. The molecule has 2 amide bonds. The van der Waals surface area contributed by atoms with Gasteiger partial charge >= 0.3 is 12.2 Å². The van der Waals surface area contributed by atoms with Crippen LogP contribution in [-0.4, -0.2) is 44.1 Å². The molecular formula is C21H19F4N5O3. The lowest BCUT2D eigenvalue weighted by atomic mass is 9.99. The highest BCUT2D eigenvalue weighted by Gasteiger charge is 2.35. The van der Waals surface area contributed by atoms with Crippen molar-refractivity contribution in [2.45, 2.75) is 32.1 Å². The molecule has 0 saturated carbocycles.